The molecule has 0 aliphatic carbocycles. The highest BCUT2D eigenvalue weighted by Crippen LogP contribution is 2.35. The van der Waals surface area contributed by atoms with Gasteiger partial charge in [0.2, 0.25) is 0 Å². The van der Waals surface area contributed by atoms with Crippen LogP contribution in [0.3, 0.4) is 0 Å². The molecule has 0 N–H and O–H groups in total. The van der Waals surface area contributed by atoms with Crippen LogP contribution in [0.15, 0.2) is 36.7 Å². The van der Waals surface area contributed by atoms with E-state index in [2.05, 4.69) is 20.9 Å². The van der Waals surface area contributed by atoms with E-state index in [9.17, 15) is 0 Å². The normalized spacial score (nSPS) is 14.9. The molecule has 0 radical (unpaired) electrons. The zero-order chi connectivity index (χ0) is 20.5. The van der Waals surface area contributed by atoms with E-state index in [1.165, 1.54) is 5.56 Å². The number of rotatable bonds is 10. The fourth-order valence-electron chi connectivity index (χ4n) is 3.67. The van der Waals surface area contributed by atoms with Gasteiger partial charge in [0.25, 0.3) is 0 Å². The Morgan fingerprint density at radius 2 is 2.00 bits per heavy atom. The Morgan fingerprint density at radius 3 is 2.69 bits per heavy atom. The topological polar surface area (TPSA) is 47.1 Å². The highest BCUT2D eigenvalue weighted by atomic mass is 35.5. The summed E-state index contributed by atoms with van der Waals surface area (Å²) in [6.45, 7) is 7.27. The Hall–Kier alpha value is -1.86. The van der Waals surface area contributed by atoms with Crippen LogP contribution in [0, 0.1) is 0 Å². The van der Waals surface area contributed by atoms with Gasteiger partial charge < -0.3 is 14.2 Å². The van der Waals surface area contributed by atoms with Gasteiger partial charge in [0, 0.05) is 61.8 Å². The van der Waals surface area contributed by atoms with Crippen LogP contribution in [0.1, 0.15) is 17.5 Å². The number of halogens is 1. The second kappa shape index (κ2) is 11.4. The van der Waals surface area contributed by atoms with E-state index in [0.717, 1.165) is 70.2 Å². The van der Waals surface area contributed by atoms with E-state index in [-0.39, 0.29) is 0 Å². The molecule has 2 heterocycles. The van der Waals surface area contributed by atoms with Gasteiger partial charge in [-0.3, -0.25) is 14.8 Å². The third-order valence-electron chi connectivity index (χ3n) is 5.10. The molecule has 0 atom stereocenters. The van der Waals surface area contributed by atoms with Crippen LogP contribution in [-0.4, -0.2) is 68.4 Å². The summed E-state index contributed by atoms with van der Waals surface area (Å²) < 4.78 is 16.5. The van der Waals surface area contributed by atoms with Crippen molar-refractivity contribution in [2.75, 3.05) is 53.6 Å². The van der Waals surface area contributed by atoms with E-state index < -0.39 is 0 Å². The van der Waals surface area contributed by atoms with Gasteiger partial charge in [-0.25, -0.2) is 0 Å². The second-order valence-electron chi connectivity index (χ2n) is 7.18. The van der Waals surface area contributed by atoms with E-state index in [4.69, 9.17) is 25.8 Å². The number of morpholine rings is 1. The molecule has 1 aliphatic heterocycles. The Bertz CT molecular complexity index is 754. The molecule has 0 bridgehead atoms. The molecule has 3 rings (SSSR count). The highest BCUT2D eigenvalue weighted by molar-refractivity contribution is 6.30. The highest BCUT2D eigenvalue weighted by Gasteiger charge is 2.17. The first-order valence-electron chi connectivity index (χ1n) is 10.0. The van der Waals surface area contributed by atoms with Crippen molar-refractivity contribution in [2.24, 2.45) is 0 Å². The molecule has 0 amide bonds. The number of methoxy groups -OCH3 is 2. The van der Waals surface area contributed by atoms with Gasteiger partial charge >= 0.3 is 0 Å². The lowest BCUT2D eigenvalue weighted by atomic mass is 10.1. The first-order valence-corrected chi connectivity index (χ1v) is 10.4. The third-order valence-corrected chi connectivity index (χ3v) is 5.31. The number of benzene rings is 1. The lowest BCUT2D eigenvalue weighted by Crippen LogP contribution is -2.38. The summed E-state index contributed by atoms with van der Waals surface area (Å²) >= 11 is 6.32. The van der Waals surface area contributed by atoms with Crippen LogP contribution in [0.25, 0.3) is 0 Å². The van der Waals surface area contributed by atoms with Crippen molar-refractivity contribution in [1.82, 2.24) is 14.8 Å². The van der Waals surface area contributed by atoms with Crippen molar-refractivity contribution in [3.8, 4) is 11.5 Å². The number of hydrogen-bond acceptors (Lipinski definition) is 6. The van der Waals surface area contributed by atoms with Gasteiger partial charge in [-0.1, -0.05) is 17.7 Å². The molecule has 1 fully saturated rings. The van der Waals surface area contributed by atoms with Crippen molar-refractivity contribution in [3.63, 3.8) is 0 Å². The molecule has 7 heteroatoms. The average molecular weight is 420 g/mol. The molecule has 1 aliphatic rings. The van der Waals surface area contributed by atoms with Crippen LogP contribution in [0.4, 0.5) is 0 Å². The Labute approximate surface area is 178 Å². The first-order chi connectivity index (χ1) is 14.2. The minimum atomic E-state index is 0.646. The summed E-state index contributed by atoms with van der Waals surface area (Å²) in [5.74, 6) is 1.39. The van der Waals surface area contributed by atoms with Crippen molar-refractivity contribution in [2.45, 2.75) is 19.5 Å². The largest absolute Gasteiger partial charge is 0.493 e. The van der Waals surface area contributed by atoms with Crippen molar-refractivity contribution in [1.29, 1.82) is 0 Å². The summed E-state index contributed by atoms with van der Waals surface area (Å²) in [4.78, 5) is 9.13. The zero-order valence-electron chi connectivity index (χ0n) is 17.3. The third kappa shape index (κ3) is 6.57. The second-order valence-corrected chi connectivity index (χ2v) is 7.62. The maximum atomic E-state index is 6.32. The fourth-order valence-corrected chi connectivity index (χ4v) is 3.90. The van der Waals surface area contributed by atoms with Crippen LogP contribution in [0.5, 0.6) is 11.5 Å². The molecule has 0 unspecified atom stereocenters. The molecule has 2 aromatic rings. The monoisotopic (exact) mass is 419 g/mol. The van der Waals surface area contributed by atoms with Crippen molar-refractivity contribution >= 4 is 11.6 Å². The predicted molar refractivity (Wildman–Crippen MR) is 115 cm³/mol. The van der Waals surface area contributed by atoms with Gasteiger partial charge in [-0.15, -0.1) is 0 Å². The summed E-state index contributed by atoms with van der Waals surface area (Å²) in [6, 6.07) is 7.83. The summed E-state index contributed by atoms with van der Waals surface area (Å²) in [5, 5.41) is 0.646. The Balaban J connectivity index is 1.71. The van der Waals surface area contributed by atoms with Crippen LogP contribution >= 0.6 is 11.6 Å². The fraction of sp³-hybridized carbons (Fsp3) is 0.500. The standard InChI is InChI=1S/C22H30ClN3O3/c1-27-21-14-20(23)13-19(22(21)28-2)17-26(16-18-5-3-6-24-15-18)8-4-7-25-9-11-29-12-10-25/h3,5-6,13-15H,4,7-12,16-17H2,1-2H3. The molecule has 29 heavy (non-hydrogen) atoms. The van der Waals surface area contributed by atoms with Crippen molar-refractivity contribution in [3.05, 3.63) is 52.8 Å². The Morgan fingerprint density at radius 1 is 1.17 bits per heavy atom. The maximum Gasteiger partial charge on any atom is 0.165 e. The number of pyridine rings is 1. The van der Waals surface area contributed by atoms with Gasteiger partial charge in [0.15, 0.2) is 11.5 Å². The molecular formula is C22H30ClN3O3. The minimum Gasteiger partial charge on any atom is -0.493 e. The van der Waals surface area contributed by atoms with E-state index in [0.29, 0.717) is 10.8 Å². The number of nitrogens with zero attached hydrogens (tertiary/aromatic N) is 3. The number of ether oxygens (including phenoxy) is 3. The van der Waals surface area contributed by atoms with Gasteiger partial charge in [0.05, 0.1) is 27.4 Å². The van der Waals surface area contributed by atoms with Crippen LogP contribution in [-0.2, 0) is 17.8 Å². The quantitative estimate of drug-likeness (QED) is 0.587. The lowest BCUT2D eigenvalue weighted by Gasteiger charge is -2.28. The summed E-state index contributed by atoms with van der Waals surface area (Å²) in [7, 11) is 3.30. The molecule has 1 aromatic heterocycles. The maximum absolute atomic E-state index is 6.32. The summed E-state index contributed by atoms with van der Waals surface area (Å²) in [5.41, 5.74) is 2.21. The van der Waals surface area contributed by atoms with Crippen molar-refractivity contribution < 1.29 is 14.2 Å². The minimum absolute atomic E-state index is 0.646. The van der Waals surface area contributed by atoms with Gasteiger partial charge in [-0.2, -0.15) is 0 Å². The molecule has 6 nitrogen and oxygen atoms in total. The van der Waals surface area contributed by atoms with Gasteiger partial charge in [-0.05, 0) is 30.7 Å². The molecule has 1 saturated heterocycles. The van der Waals surface area contributed by atoms with E-state index >= 15 is 0 Å². The Kier molecular flexibility index (Phi) is 8.55. The van der Waals surface area contributed by atoms with E-state index in [1.54, 1.807) is 26.5 Å². The van der Waals surface area contributed by atoms with Crippen LogP contribution < -0.4 is 9.47 Å². The first kappa shape index (κ1) is 21.8. The smallest absolute Gasteiger partial charge is 0.165 e. The lowest BCUT2D eigenvalue weighted by molar-refractivity contribution is 0.0358. The SMILES string of the molecule is COc1cc(Cl)cc(CN(CCCN2CCOCC2)Cc2cccnc2)c1OC. The molecule has 158 valence electrons. The zero-order valence-corrected chi connectivity index (χ0v) is 18.0. The molecule has 0 saturated carbocycles. The average Bonchev–Trinajstić information content (AvgIpc) is 2.74. The molecular weight excluding hydrogens is 390 g/mol. The number of hydrogen-bond donors (Lipinski definition) is 0. The predicted octanol–water partition coefficient (Wildman–Crippen LogP) is 3.48. The van der Waals surface area contributed by atoms with E-state index in [1.807, 2.05) is 18.3 Å². The molecule has 0 spiro atoms. The number of aromatic nitrogens is 1. The van der Waals surface area contributed by atoms with Crippen LogP contribution in [0.2, 0.25) is 5.02 Å². The van der Waals surface area contributed by atoms with Gasteiger partial charge in [0.1, 0.15) is 0 Å². The molecule has 1 aromatic carbocycles. The summed E-state index contributed by atoms with van der Waals surface area (Å²) in [6.07, 6.45) is 4.81.